The predicted octanol–water partition coefficient (Wildman–Crippen LogP) is 2.57. The number of benzene rings is 1. The summed E-state index contributed by atoms with van der Waals surface area (Å²) in [5.74, 6) is 0.124. The van der Waals surface area contributed by atoms with Crippen molar-refractivity contribution in [3.63, 3.8) is 0 Å². The van der Waals surface area contributed by atoms with Gasteiger partial charge in [0.1, 0.15) is 0 Å². The van der Waals surface area contributed by atoms with Gasteiger partial charge in [-0.05, 0) is 30.9 Å². The minimum absolute atomic E-state index is 0.0361. The molecule has 0 aromatic heterocycles. The zero-order chi connectivity index (χ0) is 13.7. The van der Waals surface area contributed by atoms with E-state index in [0.717, 1.165) is 26.1 Å². The second-order valence-corrected chi connectivity index (χ2v) is 5.34. The van der Waals surface area contributed by atoms with Crippen LogP contribution in [-0.4, -0.2) is 25.7 Å². The Morgan fingerprint density at radius 1 is 1.32 bits per heavy atom. The van der Waals surface area contributed by atoms with Crippen LogP contribution in [-0.2, 0) is 14.9 Å². The van der Waals surface area contributed by atoms with Gasteiger partial charge in [-0.1, -0.05) is 31.2 Å². The molecule has 1 aromatic carbocycles. The van der Waals surface area contributed by atoms with Gasteiger partial charge in [0.25, 0.3) is 0 Å². The number of carbonyl (C=O) groups excluding carboxylic acids is 1. The Morgan fingerprint density at radius 3 is 2.63 bits per heavy atom. The highest BCUT2D eigenvalue weighted by Gasteiger charge is 2.35. The molecule has 1 aliphatic rings. The molecule has 1 saturated heterocycles. The van der Waals surface area contributed by atoms with Crippen LogP contribution in [0, 0.1) is 6.92 Å². The first-order valence-electron chi connectivity index (χ1n) is 7.08. The smallest absolute Gasteiger partial charge is 0.219 e. The summed E-state index contributed by atoms with van der Waals surface area (Å²) in [4.78, 5) is 11.6. The van der Waals surface area contributed by atoms with E-state index in [4.69, 9.17) is 4.74 Å². The molecule has 1 fully saturated rings. The third-order valence-electron chi connectivity index (χ3n) is 4.11. The fraction of sp³-hybridized carbons (Fsp3) is 0.562. The van der Waals surface area contributed by atoms with Gasteiger partial charge in [-0.25, -0.2) is 0 Å². The summed E-state index contributed by atoms with van der Waals surface area (Å²) in [7, 11) is 0. The van der Waals surface area contributed by atoms with Crippen LogP contribution in [0.25, 0.3) is 0 Å². The fourth-order valence-electron chi connectivity index (χ4n) is 2.86. The molecule has 0 aliphatic carbocycles. The number of ether oxygens (including phenoxy) is 1. The first kappa shape index (κ1) is 14.1. The van der Waals surface area contributed by atoms with Crippen molar-refractivity contribution in [1.82, 2.24) is 5.32 Å². The first-order chi connectivity index (χ1) is 9.18. The molecule has 0 unspecified atom stereocenters. The number of hydrogen-bond acceptors (Lipinski definition) is 2. The van der Waals surface area contributed by atoms with E-state index in [9.17, 15) is 4.79 Å². The van der Waals surface area contributed by atoms with Crippen LogP contribution in [0.5, 0.6) is 0 Å². The van der Waals surface area contributed by atoms with Crippen molar-refractivity contribution in [1.29, 1.82) is 0 Å². The summed E-state index contributed by atoms with van der Waals surface area (Å²) in [6, 6.07) is 8.49. The Hall–Kier alpha value is -1.35. The number of hydrogen-bond donors (Lipinski definition) is 1. The Kier molecular flexibility index (Phi) is 4.59. The van der Waals surface area contributed by atoms with E-state index in [0.29, 0.717) is 13.0 Å². The quantitative estimate of drug-likeness (QED) is 0.904. The molecule has 1 heterocycles. The van der Waals surface area contributed by atoms with E-state index in [1.54, 1.807) is 0 Å². The standard InChI is InChI=1S/C16H23NO2/c1-3-15(18)17-12-16(8-10-19-11-9-16)14-7-5-4-6-13(14)2/h4-7H,3,8-12H2,1-2H3,(H,17,18). The molecule has 0 radical (unpaired) electrons. The molecule has 1 aromatic rings. The van der Waals surface area contributed by atoms with E-state index in [1.807, 2.05) is 6.92 Å². The predicted molar refractivity (Wildman–Crippen MR) is 76.2 cm³/mol. The zero-order valence-corrected chi connectivity index (χ0v) is 11.9. The lowest BCUT2D eigenvalue weighted by molar-refractivity contribution is -0.121. The monoisotopic (exact) mass is 261 g/mol. The van der Waals surface area contributed by atoms with Crippen molar-refractivity contribution >= 4 is 5.91 Å². The van der Waals surface area contributed by atoms with Crippen LogP contribution in [0.2, 0.25) is 0 Å². The lowest BCUT2D eigenvalue weighted by atomic mass is 9.72. The molecule has 1 aliphatic heterocycles. The fourth-order valence-corrected chi connectivity index (χ4v) is 2.86. The van der Waals surface area contributed by atoms with Crippen LogP contribution < -0.4 is 5.32 Å². The molecule has 1 N–H and O–H groups in total. The summed E-state index contributed by atoms with van der Waals surface area (Å²) in [5.41, 5.74) is 2.69. The normalized spacial score (nSPS) is 18.0. The van der Waals surface area contributed by atoms with Gasteiger partial charge in [-0.2, -0.15) is 0 Å². The third kappa shape index (κ3) is 3.16. The van der Waals surface area contributed by atoms with Gasteiger partial charge in [0.15, 0.2) is 0 Å². The lowest BCUT2D eigenvalue weighted by Gasteiger charge is -2.39. The number of aryl methyl sites for hydroxylation is 1. The molecule has 1 amide bonds. The van der Waals surface area contributed by atoms with Crippen molar-refractivity contribution in [2.75, 3.05) is 19.8 Å². The number of nitrogens with one attached hydrogen (secondary N) is 1. The van der Waals surface area contributed by atoms with Crippen molar-refractivity contribution in [2.24, 2.45) is 0 Å². The van der Waals surface area contributed by atoms with Gasteiger partial charge < -0.3 is 10.1 Å². The van der Waals surface area contributed by atoms with Crippen LogP contribution in [0.15, 0.2) is 24.3 Å². The minimum Gasteiger partial charge on any atom is -0.381 e. The maximum atomic E-state index is 11.6. The molecular formula is C16H23NO2. The largest absolute Gasteiger partial charge is 0.381 e. The van der Waals surface area contributed by atoms with E-state index in [2.05, 4.69) is 36.5 Å². The molecular weight excluding hydrogens is 238 g/mol. The highest BCUT2D eigenvalue weighted by atomic mass is 16.5. The minimum atomic E-state index is 0.0361. The SMILES string of the molecule is CCC(=O)NCC1(c2ccccc2C)CCOCC1. The Balaban J connectivity index is 2.24. The Morgan fingerprint density at radius 2 is 2.00 bits per heavy atom. The maximum Gasteiger partial charge on any atom is 0.219 e. The highest BCUT2D eigenvalue weighted by molar-refractivity contribution is 5.75. The number of rotatable bonds is 4. The van der Waals surface area contributed by atoms with E-state index < -0.39 is 0 Å². The van der Waals surface area contributed by atoms with Gasteiger partial charge in [0.05, 0.1) is 0 Å². The molecule has 3 nitrogen and oxygen atoms in total. The molecule has 19 heavy (non-hydrogen) atoms. The molecule has 0 spiro atoms. The molecule has 0 saturated carbocycles. The topological polar surface area (TPSA) is 38.3 Å². The average molecular weight is 261 g/mol. The van der Waals surface area contributed by atoms with Gasteiger partial charge in [0.2, 0.25) is 5.91 Å². The summed E-state index contributed by atoms with van der Waals surface area (Å²) in [5, 5.41) is 3.07. The summed E-state index contributed by atoms with van der Waals surface area (Å²) in [6.07, 6.45) is 2.49. The molecule has 0 atom stereocenters. The zero-order valence-electron chi connectivity index (χ0n) is 11.9. The second kappa shape index (κ2) is 6.20. The Labute approximate surface area is 115 Å². The summed E-state index contributed by atoms with van der Waals surface area (Å²) >= 11 is 0. The van der Waals surface area contributed by atoms with E-state index in [1.165, 1.54) is 11.1 Å². The molecule has 104 valence electrons. The third-order valence-corrected chi connectivity index (χ3v) is 4.11. The Bertz CT molecular complexity index is 436. The summed E-state index contributed by atoms with van der Waals surface area (Å²) < 4.78 is 5.51. The molecule has 3 heteroatoms. The van der Waals surface area contributed by atoms with Crippen molar-refractivity contribution in [3.8, 4) is 0 Å². The lowest BCUT2D eigenvalue weighted by Crippen LogP contribution is -2.44. The van der Waals surface area contributed by atoms with Gasteiger partial charge in [0, 0.05) is 31.6 Å². The molecule has 2 rings (SSSR count). The van der Waals surface area contributed by atoms with Gasteiger partial charge in [-0.3, -0.25) is 4.79 Å². The van der Waals surface area contributed by atoms with Crippen LogP contribution in [0.4, 0.5) is 0 Å². The van der Waals surface area contributed by atoms with E-state index >= 15 is 0 Å². The second-order valence-electron chi connectivity index (χ2n) is 5.34. The first-order valence-corrected chi connectivity index (χ1v) is 7.08. The van der Waals surface area contributed by atoms with Crippen molar-refractivity contribution in [2.45, 2.75) is 38.5 Å². The number of amides is 1. The van der Waals surface area contributed by atoms with E-state index in [-0.39, 0.29) is 11.3 Å². The maximum absolute atomic E-state index is 11.6. The highest BCUT2D eigenvalue weighted by Crippen LogP contribution is 2.36. The number of carbonyl (C=O) groups is 1. The van der Waals surface area contributed by atoms with Crippen molar-refractivity contribution in [3.05, 3.63) is 35.4 Å². The average Bonchev–Trinajstić information content (AvgIpc) is 2.46. The van der Waals surface area contributed by atoms with Crippen LogP contribution in [0.3, 0.4) is 0 Å². The van der Waals surface area contributed by atoms with Crippen LogP contribution >= 0.6 is 0 Å². The van der Waals surface area contributed by atoms with Gasteiger partial charge >= 0.3 is 0 Å². The van der Waals surface area contributed by atoms with Crippen LogP contribution in [0.1, 0.15) is 37.3 Å². The van der Waals surface area contributed by atoms with Gasteiger partial charge in [-0.15, -0.1) is 0 Å². The van der Waals surface area contributed by atoms with Crippen molar-refractivity contribution < 1.29 is 9.53 Å². The summed E-state index contributed by atoms with van der Waals surface area (Å²) in [6.45, 7) is 6.30. The molecule has 0 bridgehead atoms.